The number of benzene rings is 1. The molecule has 0 aromatic heterocycles. The highest BCUT2D eigenvalue weighted by molar-refractivity contribution is 9.10. The number of carboxylic acid groups (broad SMARTS) is 1. The van der Waals surface area contributed by atoms with Crippen molar-refractivity contribution in [3.05, 3.63) is 22.2 Å². The first kappa shape index (κ1) is 13.9. The van der Waals surface area contributed by atoms with Crippen LogP contribution in [0.3, 0.4) is 0 Å². The van der Waals surface area contributed by atoms with Gasteiger partial charge in [-0.05, 0) is 47.3 Å². The normalized spacial score (nSPS) is 14.6. The Morgan fingerprint density at radius 1 is 1.32 bits per heavy atom. The van der Waals surface area contributed by atoms with Gasteiger partial charge in [0.2, 0.25) is 0 Å². The second-order valence-electron chi connectivity index (χ2n) is 4.29. The lowest BCUT2D eigenvalue weighted by Crippen LogP contribution is -2.25. The molecule has 0 spiro atoms. The molecule has 102 valence electrons. The third-order valence-corrected chi connectivity index (χ3v) is 3.69. The minimum atomic E-state index is -1.50. The van der Waals surface area contributed by atoms with Crippen LogP contribution in [0.4, 0.5) is 0 Å². The van der Waals surface area contributed by atoms with Crippen LogP contribution >= 0.6 is 15.9 Å². The smallest absolute Gasteiger partial charge is 0.377 e. The van der Waals surface area contributed by atoms with Crippen LogP contribution in [0.1, 0.15) is 29.6 Å². The number of hydrogen-bond acceptors (Lipinski definition) is 4. The van der Waals surface area contributed by atoms with E-state index in [9.17, 15) is 9.59 Å². The molecule has 1 fully saturated rings. The molecule has 2 rings (SSSR count). The number of hydrogen-bond donors (Lipinski definition) is 1. The zero-order valence-corrected chi connectivity index (χ0v) is 11.9. The van der Waals surface area contributed by atoms with Crippen LogP contribution in [-0.2, 0) is 4.79 Å². The van der Waals surface area contributed by atoms with Gasteiger partial charge in [0.1, 0.15) is 0 Å². The van der Waals surface area contributed by atoms with Crippen molar-refractivity contribution in [3.63, 3.8) is 0 Å². The molecule has 0 amide bonds. The first-order valence-electron chi connectivity index (χ1n) is 5.84. The van der Waals surface area contributed by atoms with E-state index in [2.05, 4.69) is 15.9 Å². The summed E-state index contributed by atoms with van der Waals surface area (Å²) in [6.45, 7) is 0. The quantitative estimate of drug-likeness (QED) is 0.664. The van der Waals surface area contributed by atoms with Crippen LogP contribution in [0.2, 0.25) is 0 Å². The summed E-state index contributed by atoms with van der Waals surface area (Å²) in [5.41, 5.74) is 0.0580. The topological polar surface area (TPSA) is 72.8 Å². The molecule has 0 bridgehead atoms. The van der Waals surface area contributed by atoms with Gasteiger partial charge in [0.15, 0.2) is 11.5 Å². The summed E-state index contributed by atoms with van der Waals surface area (Å²) >= 11 is 3.17. The zero-order chi connectivity index (χ0) is 14.0. The number of ketones is 1. The van der Waals surface area contributed by atoms with Crippen molar-refractivity contribution in [1.29, 1.82) is 0 Å². The molecule has 19 heavy (non-hydrogen) atoms. The monoisotopic (exact) mass is 328 g/mol. The highest BCUT2D eigenvalue weighted by atomic mass is 79.9. The summed E-state index contributed by atoms with van der Waals surface area (Å²) in [6.07, 6.45) is 3.15. The minimum absolute atomic E-state index is 0.0580. The fourth-order valence-corrected chi connectivity index (χ4v) is 2.25. The number of aliphatic carboxylic acids is 1. The summed E-state index contributed by atoms with van der Waals surface area (Å²) in [5.74, 6) is -1.60. The molecule has 1 N–H and O–H groups in total. The van der Waals surface area contributed by atoms with E-state index in [4.69, 9.17) is 14.6 Å². The number of ether oxygens (including phenoxy) is 2. The fraction of sp³-hybridized carbons (Fsp3) is 0.385. The van der Waals surface area contributed by atoms with E-state index in [1.165, 1.54) is 13.2 Å². The minimum Gasteiger partial charge on any atom is -0.493 e. The van der Waals surface area contributed by atoms with Gasteiger partial charge in [0, 0.05) is 10.0 Å². The van der Waals surface area contributed by atoms with Crippen molar-refractivity contribution >= 4 is 27.7 Å². The Labute approximate surface area is 118 Å². The summed E-state index contributed by atoms with van der Waals surface area (Å²) in [4.78, 5) is 22.3. The predicted octanol–water partition coefficient (Wildman–Crippen LogP) is 2.66. The van der Waals surface area contributed by atoms with Crippen molar-refractivity contribution in [2.24, 2.45) is 0 Å². The van der Waals surface area contributed by atoms with E-state index in [1.807, 2.05) is 0 Å². The Bertz CT molecular complexity index is 522. The van der Waals surface area contributed by atoms with Crippen LogP contribution < -0.4 is 9.47 Å². The van der Waals surface area contributed by atoms with Gasteiger partial charge in [-0.2, -0.15) is 0 Å². The molecule has 6 heteroatoms. The van der Waals surface area contributed by atoms with E-state index in [-0.39, 0.29) is 11.7 Å². The van der Waals surface area contributed by atoms with Gasteiger partial charge in [0.05, 0.1) is 13.2 Å². The van der Waals surface area contributed by atoms with Gasteiger partial charge >= 0.3 is 5.97 Å². The number of carboxylic acids is 1. The van der Waals surface area contributed by atoms with Gasteiger partial charge in [-0.1, -0.05) is 0 Å². The molecular weight excluding hydrogens is 316 g/mol. The number of rotatable bonds is 5. The molecule has 5 nitrogen and oxygen atoms in total. The molecule has 0 atom stereocenters. The highest BCUT2D eigenvalue weighted by Crippen LogP contribution is 2.36. The van der Waals surface area contributed by atoms with Crippen molar-refractivity contribution in [2.45, 2.75) is 25.4 Å². The summed E-state index contributed by atoms with van der Waals surface area (Å²) in [6, 6.07) is 2.96. The highest BCUT2D eigenvalue weighted by Gasteiger charge is 2.24. The standard InChI is InChI=1S/C13H13BrO5/c1-18-10-6-9(14)8(12(15)13(16)17)5-11(10)19-7-3-2-4-7/h5-7H,2-4H2,1H3,(H,16,17). The Hall–Kier alpha value is -1.56. The number of carbonyl (C=O) groups is 2. The second-order valence-corrected chi connectivity index (χ2v) is 5.14. The van der Waals surface area contributed by atoms with E-state index < -0.39 is 11.8 Å². The molecular formula is C13H13BrO5. The molecule has 0 unspecified atom stereocenters. The molecule has 0 saturated heterocycles. The average molecular weight is 329 g/mol. The molecule has 1 saturated carbocycles. The van der Waals surface area contributed by atoms with E-state index >= 15 is 0 Å². The SMILES string of the molecule is COc1cc(Br)c(C(=O)C(=O)O)cc1OC1CCC1. The Morgan fingerprint density at radius 2 is 2.00 bits per heavy atom. The molecule has 1 aliphatic rings. The van der Waals surface area contributed by atoms with Crippen LogP contribution in [0.15, 0.2) is 16.6 Å². The van der Waals surface area contributed by atoms with Crippen molar-refractivity contribution in [3.8, 4) is 11.5 Å². The van der Waals surface area contributed by atoms with Crippen LogP contribution in [0, 0.1) is 0 Å². The molecule has 1 aliphatic carbocycles. The summed E-state index contributed by atoms with van der Waals surface area (Å²) in [5, 5.41) is 8.77. The largest absolute Gasteiger partial charge is 0.493 e. The fourth-order valence-electron chi connectivity index (χ4n) is 1.74. The Morgan fingerprint density at radius 3 is 2.47 bits per heavy atom. The molecule has 0 aliphatic heterocycles. The molecule has 0 heterocycles. The maximum absolute atomic E-state index is 11.6. The first-order valence-corrected chi connectivity index (χ1v) is 6.64. The van der Waals surface area contributed by atoms with E-state index in [1.54, 1.807) is 6.07 Å². The van der Waals surface area contributed by atoms with Gasteiger partial charge < -0.3 is 14.6 Å². The average Bonchev–Trinajstić information content (AvgIpc) is 2.33. The maximum atomic E-state index is 11.6. The summed E-state index contributed by atoms with van der Waals surface area (Å²) < 4.78 is 11.3. The first-order chi connectivity index (χ1) is 9.02. The predicted molar refractivity (Wildman–Crippen MR) is 70.9 cm³/mol. The van der Waals surface area contributed by atoms with E-state index in [0.717, 1.165) is 19.3 Å². The van der Waals surface area contributed by atoms with E-state index in [0.29, 0.717) is 16.0 Å². The second kappa shape index (κ2) is 5.61. The third kappa shape index (κ3) is 2.89. The van der Waals surface area contributed by atoms with Gasteiger partial charge in [-0.25, -0.2) is 4.79 Å². The van der Waals surface area contributed by atoms with Crippen molar-refractivity contribution < 1.29 is 24.2 Å². The lowest BCUT2D eigenvalue weighted by Gasteiger charge is -2.27. The number of Topliss-reactive ketones (excluding diaryl/α,β-unsaturated/α-hetero) is 1. The zero-order valence-electron chi connectivity index (χ0n) is 10.3. The Balaban J connectivity index is 2.36. The molecule has 1 aromatic carbocycles. The van der Waals surface area contributed by atoms with Crippen LogP contribution in [0.5, 0.6) is 11.5 Å². The number of methoxy groups -OCH3 is 1. The molecule has 0 radical (unpaired) electrons. The van der Waals surface area contributed by atoms with Crippen molar-refractivity contribution in [2.75, 3.05) is 7.11 Å². The van der Waals surface area contributed by atoms with Crippen LogP contribution in [0.25, 0.3) is 0 Å². The summed E-state index contributed by atoms with van der Waals surface area (Å²) in [7, 11) is 1.49. The van der Waals surface area contributed by atoms with Gasteiger partial charge in [-0.15, -0.1) is 0 Å². The van der Waals surface area contributed by atoms with Crippen LogP contribution in [-0.4, -0.2) is 30.1 Å². The lowest BCUT2D eigenvalue weighted by atomic mass is 9.96. The Kier molecular flexibility index (Phi) is 4.09. The maximum Gasteiger partial charge on any atom is 0.377 e. The van der Waals surface area contributed by atoms with Crippen molar-refractivity contribution in [1.82, 2.24) is 0 Å². The third-order valence-electron chi connectivity index (χ3n) is 3.04. The lowest BCUT2D eigenvalue weighted by molar-refractivity contribution is -0.131. The van der Waals surface area contributed by atoms with Gasteiger partial charge in [0.25, 0.3) is 5.78 Å². The molecule has 1 aromatic rings. The van der Waals surface area contributed by atoms with Gasteiger partial charge in [-0.3, -0.25) is 4.79 Å². The number of carbonyl (C=O) groups excluding carboxylic acids is 1. The number of halogens is 1.